The summed E-state index contributed by atoms with van der Waals surface area (Å²) >= 11 is 0. The zero-order valence-corrected chi connectivity index (χ0v) is 18.3. The van der Waals surface area contributed by atoms with Gasteiger partial charge in [-0.25, -0.2) is 13.2 Å². The Kier molecular flexibility index (Phi) is 6.20. The summed E-state index contributed by atoms with van der Waals surface area (Å²) in [6.07, 6.45) is -4.48. The summed E-state index contributed by atoms with van der Waals surface area (Å²) in [5.41, 5.74) is -0.123. The van der Waals surface area contributed by atoms with Gasteiger partial charge in [-0.1, -0.05) is 30.3 Å². The van der Waals surface area contributed by atoms with E-state index in [0.29, 0.717) is 28.4 Å². The summed E-state index contributed by atoms with van der Waals surface area (Å²) in [6, 6.07) is 16.8. The third-order valence-electron chi connectivity index (χ3n) is 5.14. The van der Waals surface area contributed by atoms with Crippen molar-refractivity contribution in [3.05, 3.63) is 105 Å². The Morgan fingerprint density at radius 2 is 1.47 bits per heavy atom. The lowest BCUT2D eigenvalue weighted by molar-refractivity contribution is -0.136. The Morgan fingerprint density at radius 3 is 2.09 bits per heavy atom. The van der Waals surface area contributed by atoms with E-state index in [4.69, 9.17) is 9.52 Å². The van der Waals surface area contributed by atoms with Gasteiger partial charge in [0.1, 0.15) is 5.58 Å². The zero-order chi connectivity index (χ0) is 24.5. The van der Waals surface area contributed by atoms with E-state index in [1.54, 1.807) is 30.3 Å². The Balaban J connectivity index is 1.56. The molecule has 1 heterocycles. The molecule has 0 radical (unpaired) electrons. The molecule has 34 heavy (non-hydrogen) atoms. The molecule has 0 amide bonds. The van der Waals surface area contributed by atoms with Crippen molar-refractivity contribution in [2.45, 2.75) is 24.1 Å². The van der Waals surface area contributed by atoms with Crippen molar-refractivity contribution in [2.24, 2.45) is 0 Å². The molecule has 0 aliphatic heterocycles. The third kappa shape index (κ3) is 5.13. The van der Waals surface area contributed by atoms with Gasteiger partial charge in [0.15, 0.2) is 0 Å². The normalized spacial score (nSPS) is 12.1. The van der Waals surface area contributed by atoms with Crippen LogP contribution < -0.4 is 10.3 Å². The number of benzene rings is 3. The van der Waals surface area contributed by atoms with Gasteiger partial charge in [-0.05, 0) is 59.5 Å². The fourth-order valence-electron chi connectivity index (χ4n) is 3.47. The number of aliphatic hydroxyl groups is 1. The zero-order valence-electron chi connectivity index (χ0n) is 17.5. The monoisotopic (exact) mass is 489 g/mol. The van der Waals surface area contributed by atoms with E-state index in [2.05, 4.69) is 4.72 Å². The first-order valence-electron chi connectivity index (χ1n) is 10.0. The van der Waals surface area contributed by atoms with Crippen LogP contribution >= 0.6 is 0 Å². The van der Waals surface area contributed by atoms with Gasteiger partial charge in [0.2, 0.25) is 0 Å². The molecule has 10 heteroatoms. The van der Waals surface area contributed by atoms with Gasteiger partial charge in [-0.2, -0.15) is 13.2 Å². The molecule has 0 spiro atoms. The van der Waals surface area contributed by atoms with Crippen LogP contribution in [0.1, 0.15) is 22.3 Å². The minimum Gasteiger partial charge on any atom is -0.423 e. The van der Waals surface area contributed by atoms with Gasteiger partial charge < -0.3 is 9.52 Å². The predicted octanol–water partition coefficient (Wildman–Crippen LogP) is 4.70. The van der Waals surface area contributed by atoms with E-state index in [1.807, 2.05) is 0 Å². The number of hydrogen-bond acceptors (Lipinski definition) is 5. The number of fused-ring (bicyclic) bond motifs is 1. The number of sulfonamides is 1. The number of aliphatic hydroxyl groups excluding tert-OH is 1. The highest BCUT2D eigenvalue weighted by Crippen LogP contribution is 2.34. The van der Waals surface area contributed by atoms with Crippen LogP contribution in [-0.2, 0) is 29.2 Å². The molecule has 4 rings (SSSR count). The Labute approximate surface area is 192 Å². The van der Waals surface area contributed by atoms with E-state index in [9.17, 15) is 26.4 Å². The van der Waals surface area contributed by atoms with Crippen molar-refractivity contribution in [3.63, 3.8) is 0 Å². The van der Waals surface area contributed by atoms with Crippen LogP contribution in [0.15, 0.2) is 86.9 Å². The second kappa shape index (κ2) is 8.96. The Hall–Kier alpha value is -3.63. The van der Waals surface area contributed by atoms with E-state index in [0.717, 1.165) is 0 Å². The van der Waals surface area contributed by atoms with Crippen molar-refractivity contribution in [1.29, 1.82) is 0 Å². The van der Waals surface area contributed by atoms with Gasteiger partial charge in [0.25, 0.3) is 10.0 Å². The maximum atomic E-state index is 13.4. The first kappa shape index (κ1) is 23.5. The van der Waals surface area contributed by atoms with Crippen molar-refractivity contribution >= 4 is 26.7 Å². The summed E-state index contributed by atoms with van der Waals surface area (Å²) in [5, 5.41) is 8.86. The van der Waals surface area contributed by atoms with Gasteiger partial charge in [0.05, 0.1) is 17.1 Å². The maximum Gasteiger partial charge on any atom is 0.417 e. The summed E-state index contributed by atoms with van der Waals surface area (Å²) in [7, 11) is -3.86. The van der Waals surface area contributed by atoms with Gasteiger partial charge >= 0.3 is 11.8 Å². The van der Waals surface area contributed by atoms with Crippen LogP contribution in [0.3, 0.4) is 0 Å². The molecular formula is C24H18F3NO5S. The largest absolute Gasteiger partial charge is 0.423 e. The molecule has 4 aromatic rings. The average molecular weight is 489 g/mol. The second-order valence-corrected chi connectivity index (χ2v) is 9.27. The Morgan fingerprint density at radius 1 is 0.853 bits per heavy atom. The molecule has 0 bridgehead atoms. The minimum atomic E-state index is -4.71. The summed E-state index contributed by atoms with van der Waals surface area (Å²) < 4.78 is 72.6. The van der Waals surface area contributed by atoms with E-state index in [1.165, 1.54) is 36.4 Å². The smallest absolute Gasteiger partial charge is 0.417 e. The highest BCUT2D eigenvalue weighted by atomic mass is 32.2. The molecule has 0 aliphatic carbocycles. The molecule has 1 aromatic heterocycles. The number of rotatable bonds is 6. The first-order chi connectivity index (χ1) is 16.0. The summed E-state index contributed by atoms with van der Waals surface area (Å²) in [6.45, 7) is -0.155. The van der Waals surface area contributed by atoms with Gasteiger partial charge in [-0.15, -0.1) is 0 Å². The molecule has 176 valence electrons. The lowest BCUT2D eigenvalue weighted by atomic mass is 10.0. The highest BCUT2D eigenvalue weighted by molar-refractivity contribution is 7.92. The predicted molar refractivity (Wildman–Crippen MR) is 120 cm³/mol. The molecule has 6 nitrogen and oxygen atoms in total. The fraction of sp³-hybridized carbons (Fsp3) is 0.125. The van der Waals surface area contributed by atoms with Gasteiger partial charge in [0, 0.05) is 17.1 Å². The molecule has 0 saturated carbocycles. The van der Waals surface area contributed by atoms with E-state index >= 15 is 0 Å². The molecule has 0 saturated heterocycles. The van der Waals surface area contributed by atoms with Crippen molar-refractivity contribution < 1.29 is 31.1 Å². The average Bonchev–Trinajstić information content (AvgIpc) is 2.79. The number of halogens is 3. The summed E-state index contributed by atoms with van der Waals surface area (Å²) in [4.78, 5) is 11.5. The molecule has 3 aromatic carbocycles. The molecule has 0 aliphatic rings. The SMILES string of the molecule is O=c1cc(C(F)(F)F)c2cc(Cc3ccc(S(=O)(=O)Nc4ccc(CO)cc4)cc3)ccc2o1. The summed E-state index contributed by atoms with van der Waals surface area (Å²) in [5.74, 6) is 0. The van der Waals surface area contributed by atoms with Crippen LogP contribution in [0.4, 0.5) is 18.9 Å². The molecular weight excluding hydrogens is 471 g/mol. The number of hydrogen-bond donors (Lipinski definition) is 2. The molecule has 0 unspecified atom stereocenters. The fourth-order valence-corrected chi connectivity index (χ4v) is 4.53. The highest BCUT2D eigenvalue weighted by Gasteiger charge is 2.33. The molecule has 0 fully saturated rings. The first-order valence-corrected chi connectivity index (χ1v) is 11.5. The van der Waals surface area contributed by atoms with Crippen LogP contribution in [0.5, 0.6) is 0 Å². The third-order valence-corrected chi connectivity index (χ3v) is 6.54. The number of nitrogens with one attached hydrogen (secondary N) is 1. The standard InChI is InChI=1S/C24H18F3NO5S/c25-24(26,27)21-13-23(30)33-22-10-5-17(12-20(21)22)11-15-3-8-19(9-4-15)34(31,32)28-18-6-1-16(14-29)2-7-18/h1-10,12-13,28-29H,11,14H2. The van der Waals surface area contributed by atoms with Crippen LogP contribution in [0.25, 0.3) is 11.0 Å². The van der Waals surface area contributed by atoms with E-state index in [-0.39, 0.29) is 28.9 Å². The quantitative estimate of drug-likeness (QED) is 0.383. The van der Waals surface area contributed by atoms with Crippen molar-refractivity contribution in [1.82, 2.24) is 0 Å². The number of anilines is 1. The topological polar surface area (TPSA) is 96.6 Å². The lowest BCUT2D eigenvalue weighted by Gasteiger charge is -2.11. The second-order valence-electron chi connectivity index (χ2n) is 7.59. The van der Waals surface area contributed by atoms with Crippen molar-refractivity contribution in [3.8, 4) is 0 Å². The number of alkyl halides is 3. The van der Waals surface area contributed by atoms with E-state index < -0.39 is 27.4 Å². The minimum absolute atomic E-state index is 0.0159. The molecule has 2 N–H and O–H groups in total. The lowest BCUT2D eigenvalue weighted by Crippen LogP contribution is -2.13. The van der Waals surface area contributed by atoms with Crippen LogP contribution in [0.2, 0.25) is 0 Å². The maximum absolute atomic E-state index is 13.4. The van der Waals surface area contributed by atoms with Crippen LogP contribution in [0, 0.1) is 0 Å². The van der Waals surface area contributed by atoms with Gasteiger partial charge in [-0.3, -0.25) is 4.72 Å². The van der Waals surface area contributed by atoms with Crippen molar-refractivity contribution in [2.75, 3.05) is 4.72 Å². The molecule has 0 atom stereocenters. The Bertz CT molecular complexity index is 1490. The van der Waals surface area contributed by atoms with Crippen LogP contribution in [-0.4, -0.2) is 13.5 Å².